The first-order chi connectivity index (χ1) is 8.54. The van der Waals surface area contributed by atoms with Crippen LogP contribution in [0.4, 0.5) is 0 Å². The highest BCUT2D eigenvalue weighted by molar-refractivity contribution is 5.82. The fraction of sp³-hybridized carbons (Fsp3) is 0.692. The van der Waals surface area contributed by atoms with Crippen LogP contribution in [0.5, 0.6) is 0 Å². The number of likely N-dealkylation sites (tertiary alicyclic amines) is 1. The van der Waals surface area contributed by atoms with Crippen LogP contribution in [0.1, 0.15) is 38.8 Å². The number of nitrogens with one attached hydrogen (secondary N) is 1. The molecule has 2 rings (SSSR count). The van der Waals surface area contributed by atoms with Crippen molar-refractivity contribution in [3.05, 3.63) is 18.4 Å². The molecule has 18 heavy (non-hydrogen) atoms. The lowest BCUT2D eigenvalue weighted by molar-refractivity contribution is -0.138. The second-order valence-electron chi connectivity index (χ2n) is 5.45. The summed E-state index contributed by atoms with van der Waals surface area (Å²) in [6.45, 7) is 4.74. The van der Waals surface area contributed by atoms with Crippen molar-refractivity contribution in [3.63, 3.8) is 0 Å². The number of nitrogens with zero attached hydrogens (tertiary/aromatic N) is 2. The van der Waals surface area contributed by atoms with E-state index in [1.54, 1.807) is 6.26 Å². The second-order valence-corrected chi connectivity index (χ2v) is 5.45. The van der Waals surface area contributed by atoms with Gasteiger partial charge in [-0.15, -0.1) is 0 Å². The zero-order valence-corrected chi connectivity index (χ0v) is 11.3. The van der Waals surface area contributed by atoms with Gasteiger partial charge in [0.25, 0.3) is 0 Å². The predicted molar refractivity (Wildman–Crippen MR) is 67.8 cm³/mol. The summed E-state index contributed by atoms with van der Waals surface area (Å²) in [4.78, 5) is 18.5. The zero-order chi connectivity index (χ0) is 13.2. The summed E-state index contributed by atoms with van der Waals surface area (Å²) in [6, 6.07) is -0.0846. The zero-order valence-electron chi connectivity index (χ0n) is 11.3. The molecule has 2 heterocycles. The Kier molecular flexibility index (Phi) is 3.71. The number of oxazole rings is 1. The molecule has 100 valence electrons. The van der Waals surface area contributed by atoms with E-state index in [9.17, 15) is 4.79 Å². The van der Waals surface area contributed by atoms with Crippen LogP contribution in [-0.2, 0) is 11.3 Å². The van der Waals surface area contributed by atoms with Gasteiger partial charge in [0, 0.05) is 5.54 Å². The molecule has 0 radical (unpaired) electrons. The molecule has 1 amide bonds. The van der Waals surface area contributed by atoms with Gasteiger partial charge in [0.2, 0.25) is 5.91 Å². The Labute approximate surface area is 108 Å². The molecule has 0 saturated carbocycles. The van der Waals surface area contributed by atoms with Crippen molar-refractivity contribution in [1.82, 2.24) is 15.2 Å². The van der Waals surface area contributed by atoms with E-state index in [2.05, 4.69) is 24.1 Å². The van der Waals surface area contributed by atoms with E-state index in [1.165, 1.54) is 6.39 Å². The first-order valence-electron chi connectivity index (χ1n) is 6.40. The first kappa shape index (κ1) is 13.1. The quantitative estimate of drug-likeness (QED) is 0.885. The number of carbonyl (C=O) groups excluding carboxylic acids is 1. The number of hydrogen-bond donors (Lipinski definition) is 1. The number of likely N-dealkylation sites (N-methyl/N-ethyl adjacent to an activating group) is 1. The van der Waals surface area contributed by atoms with Gasteiger partial charge < -0.3 is 14.6 Å². The Morgan fingerprint density at radius 3 is 3.00 bits per heavy atom. The van der Waals surface area contributed by atoms with Crippen molar-refractivity contribution < 1.29 is 9.21 Å². The summed E-state index contributed by atoms with van der Waals surface area (Å²) in [6.07, 6.45) is 5.96. The number of hydrogen-bond acceptors (Lipinski definition) is 4. The molecule has 1 fully saturated rings. The molecule has 5 heteroatoms. The first-order valence-corrected chi connectivity index (χ1v) is 6.40. The maximum Gasteiger partial charge on any atom is 0.240 e. The van der Waals surface area contributed by atoms with Crippen molar-refractivity contribution in [2.24, 2.45) is 0 Å². The van der Waals surface area contributed by atoms with Crippen LogP contribution in [-0.4, -0.2) is 34.4 Å². The van der Waals surface area contributed by atoms with Crippen LogP contribution >= 0.6 is 0 Å². The van der Waals surface area contributed by atoms with E-state index < -0.39 is 0 Å². The molecule has 1 unspecified atom stereocenters. The molecule has 1 N–H and O–H groups in total. The van der Waals surface area contributed by atoms with E-state index >= 15 is 0 Å². The Morgan fingerprint density at radius 2 is 2.39 bits per heavy atom. The van der Waals surface area contributed by atoms with Gasteiger partial charge >= 0.3 is 0 Å². The van der Waals surface area contributed by atoms with Crippen molar-refractivity contribution in [3.8, 4) is 0 Å². The lowest BCUT2D eigenvalue weighted by atomic mass is 9.96. The van der Waals surface area contributed by atoms with Gasteiger partial charge in [0.1, 0.15) is 6.26 Å². The molecule has 1 aromatic rings. The number of rotatable bonds is 3. The van der Waals surface area contributed by atoms with E-state index in [-0.39, 0.29) is 17.5 Å². The summed E-state index contributed by atoms with van der Waals surface area (Å²) in [5.41, 5.74) is 0.662. The third-order valence-electron chi connectivity index (χ3n) is 3.73. The Balaban J connectivity index is 2.22. The standard InChI is InChI=1S/C13H21N3O2/c1-13(2)6-4-5-11(14-3)12(17)16(13)7-10-8-18-9-15-10/h8-9,11,14H,4-7H2,1-3H3. The fourth-order valence-electron chi connectivity index (χ4n) is 2.52. The molecule has 0 aromatic carbocycles. The van der Waals surface area contributed by atoms with Crippen LogP contribution in [0.3, 0.4) is 0 Å². The average Bonchev–Trinajstić information content (AvgIpc) is 2.80. The third kappa shape index (κ3) is 2.56. The number of aromatic nitrogens is 1. The van der Waals surface area contributed by atoms with Gasteiger partial charge in [-0.25, -0.2) is 4.98 Å². The number of carbonyl (C=O) groups is 1. The minimum absolute atomic E-state index is 0.0846. The van der Waals surface area contributed by atoms with E-state index in [4.69, 9.17) is 4.42 Å². The van der Waals surface area contributed by atoms with Gasteiger partial charge in [0.05, 0.1) is 18.3 Å². The fourth-order valence-corrected chi connectivity index (χ4v) is 2.52. The monoisotopic (exact) mass is 251 g/mol. The minimum atomic E-state index is -0.137. The van der Waals surface area contributed by atoms with Crippen LogP contribution in [0.2, 0.25) is 0 Å². The van der Waals surface area contributed by atoms with Gasteiger partial charge in [-0.1, -0.05) is 0 Å². The number of amides is 1. The highest BCUT2D eigenvalue weighted by atomic mass is 16.3. The molecule has 0 spiro atoms. The van der Waals surface area contributed by atoms with Crippen molar-refractivity contribution in [2.75, 3.05) is 7.05 Å². The maximum absolute atomic E-state index is 12.5. The molecule has 1 atom stereocenters. The Bertz CT molecular complexity index is 400. The lowest BCUT2D eigenvalue weighted by Gasteiger charge is -2.37. The minimum Gasteiger partial charge on any atom is -0.451 e. The molecule has 0 bridgehead atoms. The van der Waals surface area contributed by atoms with Crippen LogP contribution < -0.4 is 5.32 Å². The van der Waals surface area contributed by atoms with Crippen molar-refractivity contribution in [2.45, 2.75) is 51.2 Å². The maximum atomic E-state index is 12.5. The molecular weight excluding hydrogens is 230 g/mol. The molecule has 1 saturated heterocycles. The molecular formula is C13H21N3O2. The molecule has 1 aliphatic heterocycles. The third-order valence-corrected chi connectivity index (χ3v) is 3.73. The van der Waals surface area contributed by atoms with Crippen LogP contribution in [0.15, 0.2) is 17.1 Å². The van der Waals surface area contributed by atoms with E-state index in [0.29, 0.717) is 6.54 Å². The second kappa shape index (κ2) is 5.10. The van der Waals surface area contributed by atoms with E-state index in [1.807, 2.05) is 11.9 Å². The molecule has 1 aliphatic rings. The Morgan fingerprint density at radius 1 is 1.61 bits per heavy atom. The highest BCUT2D eigenvalue weighted by Gasteiger charge is 2.37. The average molecular weight is 251 g/mol. The molecule has 5 nitrogen and oxygen atoms in total. The van der Waals surface area contributed by atoms with Crippen LogP contribution in [0.25, 0.3) is 0 Å². The van der Waals surface area contributed by atoms with Gasteiger partial charge in [-0.05, 0) is 40.2 Å². The van der Waals surface area contributed by atoms with Gasteiger partial charge in [0.15, 0.2) is 6.39 Å². The largest absolute Gasteiger partial charge is 0.451 e. The van der Waals surface area contributed by atoms with Gasteiger partial charge in [-0.3, -0.25) is 4.79 Å². The van der Waals surface area contributed by atoms with Crippen molar-refractivity contribution >= 4 is 5.91 Å². The smallest absolute Gasteiger partial charge is 0.240 e. The topological polar surface area (TPSA) is 58.4 Å². The van der Waals surface area contributed by atoms with Crippen molar-refractivity contribution in [1.29, 1.82) is 0 Å². The SMILES string of the molecule is CNC1CCCC(C)(C)N(Cc2cocn2)C1=O. The molecule has 0 aliphatic carbocycles. The predicted octanol–water partition coefficient (Wildman–Crippen LogP) is 1.55. The summed E-state index contributed by atoms with van der Waals surface area (Å²) in [5, 5.41) is 3.11. The summed E-state index contributed by atoms with van der Waals surface area (Å²) in [7, 11) is 1.84. The summed E-state index contributed by atoms with van der Waals surface area (Å²) < 4.78 is 4.98. The summed E-state index contributed by atoms with van der Waals surface area (Å²) >= 11 is 0. The molecule has 1 aromatic heterocycles. The summed E-state index contributed by atoms with van der Waals surface area (Å²) in [5.74, 6) is 0.156. The highest BCUT2D eigenvalue weighted by Crippen LogP contribution is 2.28. The van der Waals surface area contributed by atoms with Crippen LogP contribution in [0, 0.1) is 0 Å². The lowest BCUT2D eigenvalue weighted by Crippen LogP contribution is -2.51. The Hall–Kier alpha value is -1.36. The van der Waals surface area contributed by atoms with E-state index in [0.717, 1.165) is 25.0 Å². The van der Waals surface area contributed by atoms with Gasteiger partial charge in [-0.2, -0.15) is 0 Å². The normalized spacial score (nSPS) is 24.1.